The van der Waals surface area contributed by atoms with Gasteiger partial charge in [0.2, 0.25) is 0 Å². The first-order valence-corrected chi connectivity index (χ1v) is 12.7. The number of para-hydroxylation sites is 1. The molecule has 0 aliphatic carbocycles. The summed E-state index contributed by atoms with van der Waals surface area (Å²) in [5.74, 6) is 1.75. The minimum Gasteiger partial charge on any atom is -0.320 e. The number of rotatable bonds is 2. The molecule has 4 aromatic rings. The van der Waals surface area contributed by atoms with Crippen LogP contribution in [-0.2, 0) is 17.5 Å². The monoisotopic (exact) mass is 463 g/mol. The Morgan fingerprint density at radius 3 is 2.22 bits per heavy atom. The van der Waals surface area contributed by atoms with Crippen LogP contribution in [-0.4, -0.2) is 25.6 Å². The van der Waals surface area contributed by atoms with E-state index in [-0.39, 0.29) is 10.8 Å². The molecule has 5 nitrogen and oxygen atoms in total. The fourth-order valence-corrected chi connectivity index (χ4v) is 5.73. The Bertz CT molecular complexity index is 1220. The van der Waals surface area contributed by atoms with Crippen molar-refractivity contribution in [3.05, 3.63) is 53.6 Å². The molecular weight excluding hydrogens is 434 g/mol. The summed E-state index contributed by atoms with van der Waals surface area (Å²) in [5, 5.41) is 11.2. The molecule has 5 rings (SSSR count). The van der Waals surface area contributed by atoms with Crippen molar-refractivity contribution in [3.8, 4) is 11.4 Å². The van der Waals surface area contributed by atoms with Crippen LogP contribution in [0, 0.1) is 0 Å². The first kappa shape index (κ1) is 21.5. The highest BCUT2D eigenvalue weighted by atomic mass is 32.2. The van der Waals surface area contributed by atoms with Crippen LogP contribution in [0.4, 0.5) is 5.13 Å². The number of benzene rings is 2. The van der Waals surface area contributed by atoms with Crippen LogP contribution in [0.15, 0.2) is 47.6 Å². The van der Waals surface area contributed by atoms with Gasteiger partial charge in [0.05, 0.1) is 16.1 Å². The first-order valence-electron chi connectivity index (χ1n) is 10.9. The van der Waals surface area contributed by atoms with Gasteiger partial charge in [-0.3, -0.25) is 4.57 Å². The van der Waals surface area contributed by atoms with Crippen molar-refractivity contribution < 1.29 is 0 Å². The van der Waals surface area contributed by atoms with E-state index in [0.29, 0.717) is 6.67 Å². The zero-order valence-electron chi connectivity index (χ0n) is 19.5. The summed E-state index contributed by atoms with van der Waals surface area (Å²) in [4.78, 5) is 7.18. The van der Waals surface area contributed by atoms with Crippen LogP contribution < -0.4 is 4.90 Å². The lowest BCUT2D eigenvalue weighted by Gasteiger charge is -2.28. The second kappa shape index (κ2) is 7.59. The summed E-state index contributed by atoms with van der Waals surface area (Å²) in [5.41, 5.74) is 4.95. The number of anilines is 1. The van der Waals surface area contributed by atoms with E-state index in [1.165, 1.54) is 15.8 Å². The maximum Gasteiger partial charge on any atom is 0.194 e. The minimum absolute atomic E-state index is 0.0581. The highest BCUT2D eigenvalue weighted by molar-refractivity contribution is 7.99. The number of thioether (sulfide) groups is 1. The minimum atomic E-state index is 0.0581. The van der Waals surface area contributed by atoms with Gasteiger partial charge in [-0.25, -0.2) is 4.98 Å². The highest BCUT2D eigenvalue weighted by Gasteiger charge is 2.27. The highest BCUT2D eigenvalue weighted by Crippen LogP contribution is 2.37. The van der Waals surface area contributed by atoms with E-state index in [2.05, 4.69) is 97.6 Å². The first-order chi connectivity index (χ1) is 15.1. The summed E-state index contributed by atoms with van der Waals surface area (Å²) in [6.07, 6.45) is 0. The molecule has 0 bridgehead atoms. The van der Waals surface area contributed by atoms with E-state index in [1.807, 2.05) is 6.07 Å². The molecule has 0 saturated heterocycles. The molecule has 0 unspecified atom stereocenters. The van der Waals surface area contributed by atoms with E-state index < -0.39 is 0 Å². The van der Waals surface area contributed by atoms with Gasteiger partial charge in [-0.05, 0) is 46.2 Å². The third-order valence-corrected chi connectivity index (χ3v) is 7.95. The number of thiazole rings is 1. The van der Waals surface area contributed by atoms with Crippen LogP contribution in [0.5, 0.6) is 0 Å². The lowest BCUT2D eigenvalue weighted by molar-refractivity contribution is 0.568. The van der Waals surface area contributed by atoms with Crippen molar-refractivity contribution in [3.63, 3.8) is 0 Å². The van der Waals surface area contributed by atoms with Crippen molar-refractivity contribution in [2.45, 2.75) is 64.2 Å². The van der Waals surface area contributed by atoms with Gasteiger partial charge >= 0.3 is 0 Å². The van der Waals surface area contributed by atoms with Crippen LogP contribution in [0.1, 0.15) is 52.7 Å². The molecule has 2 aromatic heterocycles. The molecule has 0 radical (unpaired) electrons. The van der Waals surface area contributed by atoms with Crippen LogP contribution in [0.2, 0.25) is 0 Å². The standard InChI is InChI=1S/C25H29N5S2/c1-24(2,3)17-11-16(12-18(13-17)25(4,5)6)21-27-28-23-30(21)14-29(15-31-23)22-26-19-9-7-8-10-20(19)32-22/h7-13H,14-15H2,1-6H3. The Balaban J connectivity index is 1.56. The third kappa shape index (κ3) is 3.92. The summed E-state index contributed by atoms with van der Waals surface area (Å²) < 4.78 is 3.45. The third-order valence-electron chi connectivity index (χ3n) is 5.85. The molecule has 2 aromatic carbocycles. The van der Waals surface area contributed by atoms with Crippen LogP contribution in [0.3, 0.4) is 0 Å². The summed E-state index contributed by atoms with van der Waals surface area (Å²) >= 11 is 3.46. The van der Waals surface area contributed by atoms with Gasteiger partial charge in [0.1, 0.15) is 6.67 Å². The fraction of sp³-hybridized carbons (Fsp3) is 0.400. The van der Waals surface area contributed by atoms with E-state index in [1.54, 1.807) is 23.1 Å². The number of hydrogen-bond donors (Lipinski definition) is 0. The summed E-state index contributed by atoms with van der Waals surface area (Å²) in [6.45, 7) is 14.3. The van der Waals surface area contributed by atoms with E-state index in [0.717, 1.165) is 33.1 Å². The fourth-order valence-electron chi connectivity index (χ4n) is 3.82. The number of hydrogen-bond acceptors (Lipinski definition) is 6. The molecule has 32 heavy (non-hydrogen) atoms. The predicted octanol–water partition coefficient (Wildman–Crippen LogP) is 6.68. The molecule has 0 fully saturated rings. The van der Waals surface area contributed by atoms with Gasteiger partial charge < -0.3 is 4.90 Å². The summed E-state index contributed by atoms with van der Waals surface area (Å²) in [6, 6.07) is 15.2. The van der Waals surface area contributed by atoms with Gasteiger partial charge in [-0.2, -0.15) is 0 Å². The molecule has 0 N–H and O–H groups in total. The zero-order valence-corrected chi connectivity index (χ0v) is 21.1. The van der Waals surface area contributed by atoms with Crippen LogP contribution >= 0.6 is 23.1 Å². The molecule has 0 amide bonds. The molecule has 1 aliphatic heterocycles. The summed E-state index contributed by atoms with van der Waals surface area (Å²) in [7, 11) is 0. The second-order valence-corrected chi connectivity index (χ2v) is 12.4. The van der Waals surface area contributed by atoms with Gasteiger partial charge in [-0.1, -0.05) is 82.8 Å². The number of fused-ring (bicyclic) bond motifs is 2. The predicted molar refractivity (Wildman–Crippen MR) is 136 cm³/mol. The quantitative estimate of drug-likeness (QED) is 0.332. The molecule has 0 saturated carbocycles. The maximum atomic E-state index is 4.87. The molecule has 1 aliphatic rings. The molecule has 3 heterocycles. The average molecular weight is 464 g/mol. The van der Waals surface area contributed by atoms with Crippen LogP contribution in [0.25, 0.3) is 21.6 Å². The SMILES string of the molecule is CC(C)(C)c1cc(-c2nnc3n2CN(c2nc4ccccc4s2)CS3)cc(C(C)(C)C)c1. The number of aromatic nitrogens is 4. The molecule has 166 valence electrons. The van der Waals surface area contributed by atoms with Gasteiger partial charge in [0.25, 0.3) is 0 Å². The van der Waals surface area contributed by atoms with Crippen molar-refractivity contribution >= 4 is 38.4 Å². The van der Waals surface area contributed by atoms with Gasteiger partial charge in [0.15, 0.2) is 16.1 Å². The Labute approximate surface area is 197 Å². The van der Waals surface area contributed by atoms with E-state index in [9.17, 15) is 0 Å². The Morgan fingerprint density at radius 2 is 1.56 bits per heavy atom. The Hall–Kier alpha value is -2.38. The van der Waals surface area contributed by atoms with Crippen molar-refractivity contribution in [1.82, 2.24) is 19.7 Å². The topological polar surface area (TPSA) is 46.8 Å². The maximum absolute atomic E-state index is 4.87. The molecule has 7 heteroatoms. The van der Waals surface area contributed by atoms with Gasteiger partial charge in [-0.15, -0.1) is 10.2 Å². The smallest absolute Gasteiger partial charge is 0.194 e. The largest absolute Gasteiger partial charge is 0.320 e. The van der Waals surface area contributed by atoms with E-state index >= 15 is 0 Å². The zero-order chi connectivity index (χ0) is 22.7. The molecule has 0 atom stereocenters. The normalized spacial score (nSPS) is 14.8. The van der Waals surface area contributed by atoms with Crippen molar-refractivity contribution in [1.29, 1.82) is 0 Å². The second-order valence-electron chi connectivity index (χ2n) is 10.5. The van der Waals surface area contributed by atoms with Gasteiger partial charge in [0, 0.05) is 5.56 Å². The van der Waals surface area contributed by atoms with Crippen molar-refractivity contribution in [2.75, 3.05) is 10.8 Å². The molecular formula is C25H29N5S2. The van der Waals surface area contributed by atoms with E-state index in [4.69, 9.17) is 4.98 Å². The van der Waals surface area contributed by atoms with Crippen molar-refractivity contribution in [2.24, 2.45) is 0 Å². The Morgan fingerprint density at radius 1 is 0.875 bits per heavy atom. The number of nitrogens with zero attached hydrogens (tertiary/aromatic N) is 5. The molecule has 0 spiro atoms. The Kier molecular flexibility index (Phi) is 5.09. The average Bonchev–Trinajstić information content (AvgIpc) is 3.36. The lowest BCUT2D eigenvalue weighted by Crippen LogP contribution is -2.30. The lowest BCUT2D eigenvalue weighted by atomic mass is 9.79.